The molecule has 0 aliphatic carbocycles. The summed E-state index contributed by atoms with van der Waals surface area (Å²) in [6.45, 7) is 1.13. The van der Waals surface area contributed by atoms with Crippen molar-refractivity contribution in [2.24, 2.45) is 0 Å². The van der Waals surface area contributed by atoms with Gasteiger partial charge in [-0.05, 0) is 17.7 Å². The number of nitrogens with zero attached hydrogens (tertiary/aromatic N) is 2. The number of H-pyrrole nitrogens is 1. The van der Waals surface area contributed by atoms with Crippen molar-refractivity contribution in [3.8, 4) is 5.75 Å². The molecule has 0 unspecified atom stereocenters. The van der Waals surface area contributed by atoms with Gasteiger partial charge in [-0.1, -0.05) is 17.7 Å². The topological polar surface area (TPSA) is 69.2 Å². The smallest absolute Gasteiger partial charge is 0.449 e. The number of fused-ring (bicyclic) bond motifs is 1. The third-order valence-corrected chi connectivity index (χ3v) is 4.14. The molecule has 1 aliphatic heterocycles. The highest BCUT2D eigenvalue weighted by Gasteiger charge is 2.35. The SMILES string of the molecule is O=c1[nH]c(C(F)(F)F)nc2c1CN(Cc1ccc(O)c(Cl)c1)CC2. The minimum atomic E-state index is -4.67. The van der Waals surface area contributed by atoms with E-state index in [0.717, 1.165) is 5.56 Å². The van der Waals surface area contributed by atoms with E-state index in [4.69, 9.17) is 11.6 Å². The number of halogens is 4. The van der Waals surface area contributed by atoms with Crippen LogP contribution >= 0.6 is 11.6 Å². The van der Waals surface area contributed by atoms with Gasteiger partial charge in [0.1, 0.15) is 5.75 Å². The van der Waals surface area contributed by atoms with Crippen LogP contribution in [-0.4, -0.2) is 26.5 Å². The first kappa shape index (κ1) is 16.8. The van der Waals surface area contributed by atoms with Crippen LogP contribution in [0.5, 0.6) is 5.75 Å². The fourth-order valence-electron chi connectivity index (χ4n) is 2.66. The molecular formula is C15H13ClF3N3O2. The van der Waals surface area contributed by atoms with Crippen LogP contribution in [0.15, 0.2) is 23.0 Å². The van der Waals surface area contributed by atoms with Gasteiger partial charge in [0.25, 0.3) is 5.56 Å². The van der Waals surface area contributed by atoms with Gasteiger partial charge in [-0.2, -0.15) is 13.2 Å². The average Bonchev–Trinajstić information content (AvgIpc) is 2.50. The molecule has 3 rings (SSSR count). The first-order chi connectivity index (χ1) is 11.2. The molecule has 0 spiro atoms. The summed E-state index contributed by atoms with van der Waals surface area (Å²) in [7, 11) is 0. The van der Waals surface area contributed by atoms with E-state index in [9.17, 15) is 23.1 Å². The van der Waals surface area contributed by atoms with Crippen LogP contribution in [0.3, 0.4) is 0 Å². The zero-order valence-electron chi connectivity index (χ0n) is 12.3. The number of nitrogens with one attached hydrogen (secondary N) is 1. The van der Waals surface area contributed by atoms with Crippen molar-refractivity contribution in [1.82, 2.24) is 14.9 Å². The predicted molar refractivity (Wildman–Crippen MR) is 80.8 cm³/mol. The number of aromatic amines is 1. The van der Waals surface area contributed by atoms with Gasteiger partial charge in [0.05, 0.1) is 16.3 Å². The van der Waals surface area contributed by atoms with Gasteiger partial charge in [-0.3, -0.25) is 9.69 Å². The second-order valence-corrected chi connectivity index (χ2v) is 5.99. The van der Waals surface area contributed by atoms with Crippen molar-refractivity contribution in [3.05, 3.63) is 56.2 Å². The second-order valence-electron chi connectivity index (χ2n) is 5.58. The molecule has 1 aromatic carbocycles. The zero-order valence-corrected chi connectivity index (χ0v) is 13.1. The summed E-state index contributed by atoms with van der Waals surface area (Å²) in [5, 5.41) is 9.64. The molecule has 128 valence electrons. The van der Waals surface area contributed by atoms with Crippen LogP contribution in [0.1, 0.15) is 22.6 Å². The van der Waals surface area contributed by atoms with E-state index >= 15 is 0 Å². The number of alkyl halides is 3. The molecule has 0 bridgehead atoms. The van der Waals surface area contributed by atoms with E-state index in [1.54, 1.807) is 17.1 Å². The number of phenols is 1. The molecule has 0 atom stereocenters. The van der Waals surface area contributed by atoms with Crippen LogP contribution < -0.4 is 5.56 Å². The first-order valence-electron chi connectivity index (χ1n) is 7.13. The van der Waals surface area contributed by atoms with Crippen LogP contribution in [0.2, 0.25) is 5.02 Å². The Labute approximate surface area is 139 Å². The normalized spacial score (nSPS) is 15.3. The molecule has 0 radical (unpaired) electrons. The summed E-state index contributed by atoms with van der Waals surface area (Å²) >= 11 is 5.86. The van der Waals surface area contributed by atoms with E-state index in [1.165, 1.54) is 6.07 Å². The molecule has 2 aromatic rings. The third-order valence-electron chi connectivity index (χ3n) is 3.83. The maximum Gasteiger partial charge on any atom is 0.449 e. The molecule has 0 saturated carbocycles. The average molecular weight is 360 g/mol. The molecule has 0 saturated heterocycles. The number of hydrogen-bond donors (Lipinski definition) is 2. The predicted octanol–water partition coefficient (Wildman–Crippen LogP) is 2.71. The van der Waals surface area contributed by atoms with Crippen LogP contribution in [0.4, 0.5) is 13.2 Å². The Morgan fingerprint density at radius 2 is 2.12 bits per heavy atom. The molecule has 2 heterocycles. The van der Waals surface area contributed by atoms with E-state index in [2.05, 4.69) is 4.98 Å². The third kappa shape index (κ3) is 3.39. The Hall–Kier alpha value is -2.06. The Morgan fingerprint density at radius 1 is 1.38 bits per heavy atom. The molecule has 0 amide bonds. The number of phenolic OH excluding ortho intramolecular Hbond substituents is 1. The van der Waals surface area contributed by atoms with Crippen molar-refractivity contribution < 1.29 is 18.3 Å². The van der Waals surface area contributed by atoms with Gasteiger partial charge in [0.2, 0.25) is 5.82 Å². The highest BCUT2D eigenvalue weighted by molar-refractivity contribution is 6.32. The first-order valence-corrected chi connectivity index (χ1v) is 7.51. The number of benzene rings is 1. The van der Waals surface area contributed by atoms with Gasteiger partial charge in [-0.15, -0.1) is 0 Å². The molecule has 2 N–H and O–H groups in total. The van der Waals surface area contributed by atoms with Crippen molar-refractivity contribution in [2.75, 3.05) is 6.54 Å². The number of hydrogen-bond acceptors (Lipinski definition) is 4. The van der Waals surface area contributed by atoms with Crippen molar-refractivity contribution in [2.45, 2.75) is 25.7 Å². The zero-order chi connectivity index (χ0) is 17.5. The van der Waals surface area contributed by atoms with Crippen LogP contribution in [0, 0.1) is 0 Å². The summed E-state index contributed by atoms with van der Waals surface area (Å²) in [5.41, 5.74) is 0.503. The minimum absolute atomic E-state index is 0.0234. The Balaban J connectivity index is 1.82. The van der Waals surface area contributed by atoms with Crippen molar-refractivity contribution in [1.29, 1.82) is 0 Å². The van der Waals surface area contributed by atoms with Crippen molar-refractivity contribution >= 4 is 11.6 Å². The summed E-state index contributed by atoms with van der Waals surface area (Å²) in [6.07, 6.45) is -4.41. The highest BCUT2D eigenvalue weighted by Crippen LogP contribution is 2.27. The fraction of sp³-hybridized carbons (Fsp3) is 0.333. The van der Waals surface area contributed by atoms with Crippen LogP contribution in [-0.2, 0) is 25.7 Å². The molecule has 1 aromatic heterocycles. The minimum Gasteiger partial charge on any atom is -0.506 e. The Morgan fingerprint density at radius 3 is 2.79 bits per heavy atom. The maximum absolute atomic E-state index is 12.7. The molecular weight excluding hydrogens is 347 g/mol. The standard InChI is InChI=1S/C15H13ClF3N3O2/c16-10-5-8(1-2-12(10)23)6-22-4-3-11-9(7-22)13(24)21-14(20-11)15(17,18)19/h1-2,5,23H,3-4,6-7H2,(H,20,21,24). The number of aromatic nitrogens is 2. The van der Waals surface area contributed by atoms with Crippen molar-refractivity contribution in [3.63, 3.8) is 0 Å². The van der Waals surface area contributed by atoms with Crippen LogP contribution in [0.25, 0.3) is 0 Å². The lowest BCUT2D eigenvalue weighted by atomic mass is 10.1. The van der Waals surface area contributed by atoms with Gasteiger partial charge in [-0.25, -0.2) is 4.98 Å². The quantitative estimate of drug-likeness (QED) is 0.865. The van der Waals surface area contributed by atoms with E-state index in [0.29, 0.717) is 13.1 Å². The number of rotatable bonds is 2. The summed E-state index contributed by atoms with van der Waals surface area (Å²) < 4.78 is 38.1. The van der Waals surface area contributed by atoms with Gasteiger partial charge in [0.15, 0.2) is 0 Å². The molecule has 5 nitrogen and oxygen atoms in total. The fourth-order valence-corrected chi connectivity index (χ4v) is 2.86. The van der Waals surface area contributed by atoms with E-state index < -0.39 is 17.6 Å². The monoisotopic (exact) mass is 359 g/mol. The Kier molecular flexibility index (Phi) is 4.27. The summed E-state index contributed by atoms with van der Waals surface area (Å²) in [5.74, 6) is -1.28. The Bertz CT molecular complexity index is 836. The lowest BCUT2D eigenvalue weighted by Crippen LogP contribution is -2.36. The largest absolute Gasteiger partial charge is 0.506 e. The van der Waals surface area contributed by atoms with Gasteiger partial charge < -0.3 is 10.1 Å². The molecule has 9 heteroatoms. The molecule has 0 fully saturated rings. The molecule has 1 aliphatic rings. The van der Waals surface area contributed by atoms with Gasteiger partial charge in [0, 0.05) is 26.1 Å². The lowest BCUT2D eigenvalue weighted by Gasteiger charge is -2.27. The summed E-state index contributed by atoms with van der Waals surface area (Å²) in [6, 6.07) is 4.78. The van der Waals surface area contributed by atoms with Gasteiger partial charge >= 0.3 is 6.18 Å². The number of aromatic hydroxyl groups is 1. The molecule has 24 heavy (non-hydrogen) atoms. The highest BCUT2D eigenvalue weighted by atomic mass is 35.5. The summed E-state index contributed by atoms with van der Waals surface area (Å²) in [4.78, 5) is 19.2. The second kappa shape index (κ2) is 6.10. The van der Waals surface area contributed by atoms with E-state index in [-0.39, 0.29) is 35.0 Å². The van der Waals surface area contributed by atoms with E-state index in [1.807, 2.05) is 4.90 Å². The lowest BCUT2D eigenvalue weighted by molar-refractivity contribution is -0.145. The maximum atomic E-state index is 12.7.